The molecule has 4 aromatic rings. The van der Waals surface area contributed by atoms with Crippen LogP contribution in [0.1, 0.15) is 57.0 Å². The van der Waals surface area contributed by atoms with E-state index in [0.717, 1.165) is 27.8 Å². The number of carbonyl (C=O) groups excluding carboxylic acids is 2. The van der Waals surface area contributed by atoms with Crippen molar-refractivity contribution in [2.24, 2.45) is 0 Å². The molecule has 3 aromatic carbocycles. The van der Waals surface area contributed by atoms with Gasteiger partial charge in [-0.05, 0) is 34.4 Å². The first-order valence-corrected chi connectivity index (χ1v) is 16.4. The lowest BCUT2D eigenvalue weighted by Gasteiger charge is -2.36. The van der Waals surface area contributed by atoms with Crippen molar-refractivity contribution in [3.8, 4) is 0 Å². The lowest BCUT2D eigenvalue weighted by molar-refractivity contribution is -0.245. The maximum absolute atomic E-state index is 12.7. The van der Waals surface area contributed by atoms with Gasteiger partial charge >= 0.3 is 18.0 Å². The van der Waals surface area contributed by atoms with E-state index in [1.54, 1.807) is 12.3 Å². The molecule has 1 aromatic heterocycles. The molecule has 2 heterocycles. The number of carbonyl (C=O) groups is 3. The van der Waals surface area contributed by atoms with Crippen LogP contribution in [0.25, 0.3) is 0 Å². The van der Waals surface area contributed by atoms with E-state index in [2.05, 4.69) is 15.6 Å². The fourth-order valence-electron chi connectivity index (χ4n) is 5.23. The fourth-order valence-corrected chi connectivity index (χ4v) is 6.24. The van der Waals surface area contributed by atoms with E-state index in [1.165, 1.54) is 24.9 Å². The van der Waals surface area contributed by atoms with E-state index in [9.17, 15) is 24.6 Å². The average molecular weight is 672 g/mol. The molecule has 4 unspecified atom stereocenters. The largest absolute Gasteiger partial charge is 0.478 e. The number of benzene rings is 3. The van der Waals surface area contributed by atoms with Crippen LogP contribution in [0.15, 0.2) is 102 Å². The zero-order valence-corrected chi connectivity index (χ0v) is 27.1. The van der Waals surface area contributed by atoms with Crippen molar-refractivity contribution in [3.63, 3.8) is 0 Å². The number of aliphatic hydroxyl groups is 1. The maximum atomic E-state index is 12.7. The molecule has 1 aliphatic heterocycles. The number of hydrogen-bond donors (Lipinski definition) is 4. The summed E-state index contributed by atoms with van der Waals surface area (Å²) in [6.07, 6.45) is 1.09. The number of nitrogens with zero attached hydrogens (tertiary/aromatic N) is 1. The number of aliphatic hydroxyl groups excluding tert-OH is 1. The van der Waals surface area contributed by atoms with E-state index in [1.807, 2.05) is 78.9 Å². The molecule has 250 valence electrons. The van der Waals surface area contributed by atoms with E-state index in [0.29, 0.717) is 23.6 Å². The van der Waals surface area contributed by atoms with E-state index in [-0.39, 0.29) is 30.9 Å². The Balaban J connectivity index is 1.23. The molecule has 11 nitrogen and oxygen atoms in total. The fraction of sp³-hybridized carbons (Fsp3) is 0.278. The molecule has 0 aliphatic carbocycles. The van der Waals surface area contributed by atoms with Crippen LogP contribution in [-0.2, 0) is 38.6 Å². The molecule has 1 fully saturated rings. The molecule has 5 rings (SSSR count). The van der Waals surface area contributed by atoms with Crippen LogP contribution in [0.4, 0.5) is 4.79 Å². The predicted octanol–water partition coefficient (Wildman–Crippen LogP) is 5.19. The number of carboxylic acids is 1. The topological polar surface area (TPSA) is 156 Å². The van der Waals surface area contributed by atoms with Crippen molar-refractivity contribution < 1.29 is 38.8 Å². The quantitative estimate of drug-likeness (QED) is 0.110. The van der Waals surface area contributed by atoms with Gasteiger partial charge in [0.05, 0.1) is 31.5 Å². The third-order valence-corrected chi connectivity index (χ3v) is 8.94. The number of aromatic nitrogens is 1. The van der Waals surface area contributed by atoms with Gasteiger partial charge in [-0.25, -0.2) is 19.4 Å². The number of ether oxygens (including phenoxy) is 3. The monoisotopic (exact) mass is 671 g/mol. The van der Waals surface area contributed by atoms with Gasteiger partial charge in [0.25, 0.3) is 0 Å². The number of amides is 2. The summed E-state index contributed by atoms with van der Waals surface area (Å²) in [6.45, 7) is 0.155. The van der Waals surface area contributed by atoms with Gasteiger partial charge in [-0.1, -0.05) is 78.9 Å². The summed E-state index contributed by atoms with van der Waals surface area (Å²) < 4.78 is 17.7. The number of aromatic carboxylic acids is 1. The second kappa shape index (κ2) is 16.9. The highest BCUT2D eigenvalue weighted by Crippen LogP contribution is 2.39. The van der Waals surface area contributed by atoms with Gasteiger partial charge in [-0.15, -0.1) is 11.8 Å². The predicted molar refractivity (Wildman–Crippen MR) is 178 cm³/mol. The van der Waals surface area contributed by atoms with Gasteiger partial charge in [0.1, 0.15) is 11.1 Å². The van der Waals surface area contributed by atoms with E-state index >= 15 is 0 Å². The summed E-state index contributed by atoms with van der Waals surface area (Å²) in [6, 6.07) is 26.2. The maximum Gasteiger partial charge on any atom is 0.338 e. The lowest BCUT2D eigenvalue weighted by Crippen LogP contribution is -2.47. The minimum Gasteiger partial charge on any atom is -0.478 e. The number of carboxylic acid groups (broad SMARTS) is 1. The Hall–Kier alpha value is -4.75. The number of hydrogen-bond acceptors (Lipinski definition) is 9. The van der Waals surface area contributed by atoms with Crippen molar-refractivity contribution in [1.29, 1.82) is 0 Å². The molecule has 0 radical (unpaired) electrons. The number of urea groups is 1. The molecule has 0 spiro atoms. The number of pyridine rings is 1. The van der Waals surface area contributed by atoms with Gasteiger partial charge in [-0.2, -0.15) is 0 Å². The molecule has 1 saturated heterocycles. The lowest BCUT2D eigenvalue weighted by atomic mass is 10.0. The molecule has 0 saturated carbocycles. The van der Waals surface area contributed by atoms with Gasteiger partial charge < -0.3 is 35.1 Å². The molecule has 48 heavy (non-hydrogen) atoms. The summed E-state index contributed by atoms with van der Waals surface area (Å²) in [7, 11) is 1.28. The smallest absolute Gasteiger partial charge is 0.338 e. The van der Waals surface area contributed by atoms with Crippen molar-refractivity contribution in [1.82, 2.24) is 15.6 Å². The van der Waals surface area contributed by atoms with Gasteiger partial charge in [0.2, 0.25) is 0 Å². The van der Waals surface area contributed by atoms with Crippen molar-refractivity contribution in [2.45, 2.75) is 55.6 Å². The number of thioether (sulfide) groups is 1. The summed E-state index contributed by atoms with van der Waals surface area (Å²) in [5.74, 6) is -1.12. The number of methoxy groups -OCH3 is 1. The van der Waals surface area contributed by atoms with Crippen LogP contribution in [0, 0.1) is 0 Å². The molecule has 4 N–H and O–H groups in total. The molecule has 0 bridgehead atoms. The Morgan fingerprint density at radius 1 is 0.917 bits per heavy atom. The van der Waals surface area contributed by atoms with Crippen LogP contribution < -0.4 is 10.6 Å². The third-order valence-electron chi connectivity index (χ3n) is 7.80. The summed E-state index contributed by atoms with van der Waals surface area (Å²) >= 11 is 1.32. The van der Waals surface area contributed by atoms with Crippen LogP contribution in [0.2, 0.25) is 0 Å². The second-order valence-electron chi connectivity index (χ2n) is 11.2. The highest BCUT2D eigenvalue weighted by atomic mass is 32.2. The Kier molecular flexibility index (Phi) is 12.2. The second-order valence-corrected chi connectivity index (χ2v) is 12.2. The normalized spacial score (nSPS) is 18.0. The molecule has 12 heteroatoms. The van der Waals surface area contributed by atoms with Gasteiger partial charge in [0.15, 0.2) is 6.29 Å². The Bertz CT molecular complexity index is 1670. The Labute approximate surface area is 282 Å². The first-order valence-electron chi connectivity index (χ1n) is 15.4. The van der Waals surface area contributed by atoms with Crippen molar-refractivity contribution in [2.75, 3.05) is 12.9 Å². The van der Waals surface area contributed by atoms with Gasteiger partial charge in [-0.3, -0.25) is 0 Å². The molecular weight excluding hydrogens is 634 g/mol. The number of rotatable bonds is 13. The zero-order chi connectivity index (χ0) is 33.9. The van der Waals surface area contributed by atoms with Crippen molar-refractivity contribution in [3.05, 3.63) is 131 Å². The molecule has 4 atom stereocenters. The van der Waals surface area contributed by atoms with Crippen LogP contribution in [0.5, 0.6) is 0 Å². The zero-order valence-electron chi connectivity index (χ0n) is 26.3. The summed E-state index contributed by atoms with van der Waals surface area (Å²) in [5.41, 5.74) is 4.35. The van der Waals surface area contributed by atoms with Gasteiger partial charge in [0, 0.05) is 36.9 Å². The van der Waals surface area contributed by atoms with Crippen LogP contribution >= 0.6 is 11.8 Å². The van der Waals surface area contributed by atoms with Crippen LogP contribution in [0.3, 0.4) is 0 Å². The molecule has 2 amide bonds. The Morgan fingerprint density at radius 2 is 1.62 bits per heavy atom. The summed E-state index contributed by atoms with van der Waals surface area (Å²) in [4.78, 5) is 41.0. The number of nitrogens with one attached hydrogen (secondary N) is 2. The first kappa shape index (κ1) is 34.6. The van der Waals surface area contributed by atoms with E-state index < -0.39 is 30.3 Å². The summed E-state index contributed by atoms with van der Waals surface area (Å²) in [5, 5.41) is 25.0. The SMILES string of the molecule is COC(=O)C(Cc1ccccc1)NC(=O)NCc1ccc(C2OC(CSc3ncccc3C(=O)O)CC(c3ccc(CO)cc3)O2)cc1. The highest BCUT2D eigenvalue weighted by molar-refractivity contribution is 7.99. The average Bonchev–Trinajstić information content (AvgIpc) is 3.13. The minimum absolute atomic E-state index is 0.0603. The standard InChI is InChI=1S/C36H37N3O8S/c1-45-34(43)30(18-23-6-3-2-4-7-23)39-36(44)38-20-24-9-15-27(16-10-24)35-46-28(22-48-32-29(33(41)42)8-5-17-37-32)19-31(47-35)26-13-11-25(21-40)12-14-26/h2-17,28,30-31,35,40H,18-22H2,1H3,(H,41,42)(H2,38,39,44). The first-order chi connectivity index (χ1) is 23.3. The molecule has 1 aliphatic rings. The Morgan fingerprint density at radius 3 is 2.31 bits per heavy atom. The minimum atomic E-state index is -1.04. The third kappa shape index (κ3) is 9.41. The van der Waals surface area contributed by atoms with Crippen molar-refractivity contribution >= 4 is 29.7 Å². The number of esters is 1. The molecular formula is C36H37N3O8S. The van der Waals surface area contributed by atoms with E-state index in [4.69, 9.17) is 14.2 Å². The van der Waals surface area contributed by atoms with Crippen LogP contribution in [-0.4, -0.2) is 58.2 Å². The highest BCUT2D eigenvalue weighted by Gasteiger charge is 2.32.